The van der Waals surface area contributed by atoms with E-state index < -0.39 is 0 Å². The number of rotatable bonds is 4. The summed E-state index contributed by atoms with van der Waals surface area (Å²) in [6, 6.07) is 2.03. The lowest BCUT2D eigenvalue weighted by molar-refractivity contribution is 0.544. The number of hydrogen-bond donors (Lipinski definition) is 1. The van der Waals surface area contributed by atoms with Crippen molar-refractivity contribution < 1.29 is 0 Å². The van der Waals surface area contributed by atoms with Crippen LogP contribution in [0.3, 0.4) is 0 Å². The van der Waals surface area contributed by atoms with Crippen LogP contribution in [0.15, 0.2) is 6.07 Å². The molecule has 3 nitrogen and oxygen atoms in total. The van der Waals surface area contributed by atoms with E-state index in [4.69, 9.17) is 0 Å². The number of aryl methyl sites for hydroxylation is 2. The molecule has 0 spiro atoms. The number of nitrogens with one attached hydrogen (secondary N) is 1. The van der Waals surface area contributed by atoms with E-state index in [1.807, 2.05) is 13.0 Å². The van der Waals surface area contributed by atoms with Crippen LogP contribution in [0.4, 0.5) is 5.82 Å². The summed E-state index contributed by atoms with van der Waals surface area (Å²) in [6.07, 6.45) is 2.02. The molecule has 1 N–H and O–H groups in total. The van der Waals surface area contributed by atoms with Gasteiger partial charge in [0, 0.05) is 17.3 Å². The Bertz CT molecular complexity index is 332. The molecule has 1 aromatic heterocycles. The van der Waals surface area contributed by atoms with Crippen LogP contribution >= 0.6 is 0 Å². The van der Waals surface area contributed by atoms with Crippen molar-refractivity contribution >= 4 is 5.82 Å². The Morgan fingerprint density at radius 2 is 1.93 bits per heavy atom. The van der Waals surface area contributed by atoms with Crippen molar-refractivity contribution in [2.24, 2.45) is 0 Å². The highest BCUT2D eigenvalue weighted by molar-refractivity contribution is 5.38. The molecule has 1 rings (SSSR count). The molecule has 0 saturated heterocycles. The van der Waals surface area contributed by atoms with Gasteiger partial charge < -0.3 is 5.32 Å². The Kier molecular flexibility index (Phi) is 3.66. The Hall–Kier alpha value is -1.12. The standard InChI is InChI=1S/C12H21N3/c1-6-10-8-11(14-9(3)13-10)15-12(4,5)7-2/h8H,6-7H2,1-5H3,(H,13,14,15). The molecular weight excluding hydrogens is 186 g/mol. The average molecular weight is 207 g/mol. The van der Waals surface area contributed by atoms with E-state index in [1.54, 1.807) is 0 Å². The SMILES string of the molecule is CCc1cc(NC(C)(C)CC)nc(C)n1. The molecule has 0 aromatic carbocycles. The predicted molar refractivity (Wildman–Crippen MR) is 64.1 cm³/mol. The van der Waals surface area contributed by atoms with E-state index in [2.05, 4.69) is 43.0 Å². The predicted octanol–water partition coefficient (Wildman–Crippen LogP) is 2.95. The first-order valence-electron chi connectivity index (χ1n) is 5.59. The summed E-state index contributed by atoms with van der Waals surface area (Å²) in [5.74, 6) is 1.77. The first-order valence-corrected chi connectivity index (χ1v) is 5.59. The number of hydrogen-bond acceptors (Lipinski definition) is 3. The second-order valence-corrected chi connectivity index (χ2v) is 4.51. The van der Waals surface area contributed by atoms with Gasteiger partial charge in [-0.25, -0.2) is 9.97 Å². The van der Waals surface area contributed by atoms with Crippen LogP contribution in [0.5, 0.6) is 0 Å². The Morgan fingerprint density at radius 3 is 2.47 bits per heavy atom. The summed E-state index contributed by atoms with van der Waals surface area (Å²) < 4.78 is 0. The van der Waals surface area contributed by atoms with Gasteiger partial charge >= 0.3 is 0 Å². The van der Waals surface area contributed by atoms with Crippen molar-refractivity contribution in [3.8, 4) is 0 Å². The zero-order chi connectivity index (χ0) is 11.5. The number of nitrogens with zero attached hydrogens (tertiary/aromatic N) is 2. The molecule has 84 valence electrons. The second-order valence-electron chi connectivity index (χ2n) is 4.51. The van der Waals surface area contributed by atoms with Gasteiger partial charge in [0.2, 0.25) is 0 Å². The lowest BCUT2D eigenvalue weighted by Crippen LogP contribution is -2.30. The summed E-state index contributed by atoms with van der Waals surface area (Å²) >= 11 is 0. The smallest absolute Gasteiger partial charge is 0.130 e. The molecule has 0 aliphatic heterocycles. The third-order valence-electron chi connectivity index (χ3n) is 2.60. The van der Waals surface area contributed by atoms with E-state index in [1.165, 1.54) is 0 Å². The Morgan fingerprint density at radius 1 is 1.27 bits per heavy atom. The lowest BCUT2D eigenvalue weighted by Gasteiger charge is -2.25. The van der Waals surface area contributed by atoms with Crippen molar-refractivity contribution in [3.05, 3.63) is 17.6 Å². The van der Waals surface area contributed by atoms with Crippen LogP contribution in [0, 0.1) is 6.92 Å². The van der Waals surface area contributed by atoms with Crippen molar-refractivity contribution in [2.75, 3.05) is 5.32 Å². The summed E-state index contributed by atoms with van der Waals surface area (Å²) in [7, 11) is 0. The van der Waals surface area contributed by atoms with Crippen LogP contribution in [-0.2, 0) is 6.42 Å². The minimum Gasteiger partial charge on any atom is -0.365 e. The van der Waals surface area contributed by atoms with Gasteiger partial charge in [-0.2, -0.15) is 0 Å². The van der Waals surface area contributed by atoms with Crippen molar-refractivity contribution in [1.29, 1.82) is 0 Å². The fourth-order valence-corrected chi connectivity index (χ4v) is 1.31. The van der Waals surface area contributed by atoms with Crippen molar-refractivity contribution in [1.82, 2.24) is 9.97 Å². The van der Waals surface area contributed by atoms with Crippen LogP contribution < -0.4 is 5.32 Å². The quantitative estimate of drug-likeness (QED) is 0.825. The average Bonchev–Trinajstić information content (AvgIpc) is 2.16. The molecule has 0 amide bonds. The van der Waals surface area contributed by atoms with Crippen LogP contribution in [0.2, 0.25) is 0 Å². The molecule has 3 heteroatoms. The molecule has 0 aliphatic rings. The fraction of sp³-hybridized carbons (Fsp3) is 0.667. The molecule has 0 radical (unpaired) electrons. The van der Waals surface area contributed by atoms with E-state index in [0.717, 1.165) is 30.2 Å². The highest BCUT2D eigenvalue weighted by Crippen LogP contribution is 2.16. The molecule has 15 heavy (non-hydrogen) atoms. The van der Waals surface area contributed by atoms with Gasteiger partial charge in [0.05, 0.1) is 0 Å². The topological polar surface area (TPSA) is 37.8 Å². The normalized spacial score (nSPS) is 11.5. The summed E-state index contributed by atoms with van der Waals surface area (Å²) in [4.78, 5) is 8.75. The minimum absolute atomic E-state index is 0.0891. The highest BCUT2D eigenvalue weighted by atomic mass is 15.1. The first kappa shape index (κ1) is 12.0. The highest BCUT2D eigenvalue weighted by Gasteiger charge is 2.15. The van der Waals surface area contributed by atoms with Crippen LogP contribution in [-0.4, -0.2) is 15.5 Å². The fourth-order valence-electron chi connectivity index (χ4n) is 1.31. The molecular formula is C12H21N3. The van der Waals surface area contributed by atoms with E-state index >= 15 is 0 Å². The van der Waals surface area contributed by atoms with Gasteiger partial charge in [0.25, 0.3) is 0 Å². The number of anilines is 1. The van der Waals surface area contributed by atoms with E-state index in [0.29, 0.717) is 0 Å². The Balaban J connectivity index is 2.90. The molecule has 0 bridgehead atoms. The first-order chi connectivity index (χ1) is 6.96. The van der Waals surface area contributed by atoms with E-state index in [-0.39, 0.29) is 5.54 Å². The van der Waals surface area contributed by atoms with Gasteiger partial charge in [-0.3, -0.25) is 0 Å². The van der Waals surface area contributed by atoms with E-state index in [9.17, 15) is 0 Å². The van der Waals surface area contributed by atoms with Gasteiger partial charge in [-0.15, -0.1) is 0 Å². The maximum absolute atomic E-state index is 4.39. The minimum atomic E-state index is 0.0891. The molecule has 0 saturated carbocycles. The molecule has 1 heterocycles. The zero-order valence-electron chi connectivity index (χ0n) is 10.4. The summed E-state index contributed by atoms with van der Waals surface area (Å²) in [5, 5.41) is 3.43. The lowest BCUT2D eigenvalue weighted by atomic mass is 10.0. The monoisotopic (exact) mass is 207 g/mol. The molecule has 1 aromatic rings. The molecule has 0 fully saturated rings. The summed E-state index contributed by atoms with van der Waals surface area (Å²) in [5.41, 5.74) is 1.18. The van der Waals surface area contributed by atoms with Gasteiger partial charge in [-0.1, -0.05) is 13.8 Å². The Labute approximate surface area is 92.3 Å². The second kappa shape index (κ2) is 4.60. The summed E-state index contributed by atoms with van der Waals surface area (Å²) in [6.45, 7) is 10.6. The third kappa shape index (κ3) is 3.50. The third-order valence-corrected chi connectivity index (χ3v) is 2.60. The largest absolute Gasteiger partial charge is 0.365 e. The van der Waals surface area contributed by atoms with Crippen LogP contribution in [0.25, 0.3) is 0 Å². The van der Waals surface area contributed by atoms with Crippen molar-refractivity contribution in [3.63, 3.8) is 0 Å². The van der Waals surface area contributed by atoms with Gasteiger partial charge in [0.1, 0.15) is 11.6 Å². The maximum atomic E-state index is 4.39. The van der Waals surface area contributed by atoms with Gasteiger partial charge in [0.15, 0.2) is 0 Å². The molecule has 0 unspecified atom stereocenters. The van der Waals surface area contributed by atoms with Crippen molar-refractivity contribution in [2.45, 2.75) is 53.0 Å². The zero-order valence-corrected chi connectivity index (χ0v) is 10.4. The maximum Gasteiger partial charge on any atom is 0.130 e. The van der Waals surface area contributed by atoms with Crippen LogP contribution in [0.1, 0.15) is 45.6 Å². The van der Waals surface area contributed by atoms with Gasteiger partial charge in [-0.05, 0) is 33.6 Å². The number of aromatic nitrogens is 2. The molecule has 0 aliphatic carbocycles. The molecule has 0 atom stereocenters.